The molecule has 0 radical (unpaired) electrons. The Kier molecular flexibility index (Phi) is 4.57. The van der Waals surface area contributed by atoms with Gasteiger partial charge in [0.05, 0.1) is 0 Å². The first-order valence-corrected chi connectivity index (χ1v) is 5.12. The topological polar surface area (TPSA) is 55.0 Å². The third-order valence-electron chi connectivity index (χ3n) is 2.39. The summed E-state index contributed by atoms with van der Waals surface area (Å²) in [6.07, 6.45) is 5.42. The van der Waals surface area contributed by atoms with Crippen LogP contribution < -0.4 is 10.6 Å². The first-order valence-electron chi connectivity index (χ1n) is 4.74. The van der Waals surface area contributed by atoms with Crippen LogP contribution in [0.1, 0.15) is 12.8 Å². The monoisotopic (exact) mass is 248 g/mol. The van der Waals surface area contributed by atoms with Crippen molar-refractivity contribution in [2.75, 3.05) is 18.0 Å². The van der Waals surface area contributed by atoms with Crippen LogP contribution in [0.25, 0.3) is 0 Å². The molecule has 1 aliphatic heterocycles. The lowest BCUT2D eigenvalue weighted by molar-refractivity contribution is 0.503. The molecule has 1 saturated heterocycles. The number of nitrogens with zero attached hydrogens (tertiary/aromatic N) is 3. The molecule has 1 aliphatic rings. The van der Waals surface area contributed by atoms with Crippen molar-refractivity contribution < 1.29 is 0 Å². The zero-order valence-electron chi connectivity index (χ0n) is 8.27. The molecule has 0 aliphatic carbocycles. The van der Waals surface area contributed by atoms with Gasteiger partial charge in [0, 0.05) is 31.5 Å². The summed E-state index contributed by atoms with van der Waals surface area (Å²) in [7, 11) is 0. The van der Waals surface area contributed by atoms with Crippen LogP contribution in [-0.4, -0.2) is 29.1 Å². The van der Waals surface area contributed by atoms with E-state index >= 15 is 0 Å². The first-order chi connectivity index (χ1) is 6.77. The lowest BCUT2D eigenvalue weighted by Gasteiger charge is -2.31. The van der Waals surface area contributed by atoms with Crippen LogP contribution in [0.4, 0.5) is 5.82 Å². The molecule has 0 amide bonds. The molecule has 1 fully saturated rings. The van der Waals surface area contributed by atoms with Crippen LogP contribution in [0.5, 0.6) is 0 Å². The SMILES string of the molecule is Cl.NC1CCCN(c2nccnc2Cl)C1. The molecule has 1 atom stereocenters. The Bertz CT molecular complexity index is 321. The molecule has 2 N–H and O–H groups in total. The average Bonchev–Trinajstić information content (AvgIpc) is 2.18. The number of anilines is 1. The maximum atomic E-state index is 5.95. The minimum atomic E-state index is 0. The van der Waals surface area contributed by atoms with E-state index in [1.54, 1.807) is 12.4 Å². The molecule has 0 bridgehead atoms. The highest BCUT2D eigenvalue weighted by Gasteiger charge is 2.19. The van der Waals surface area contributed by atoms with E-state index in [2.05, 4.69) is 14.9 Å². The summed E-state index contributed by atoms with van der Waals surface area (Å²) in [4.78, 5) is 10.3. The van der Waals surface area contributed by atoms with Crippen LogP contribution in [0, 0.1) is 0 Å². The zero-order chi connectivity index (χ0) is 9.97. The summed E-state index contributed by atoms with van der Waals surface area (Å²) in [5, 5.41) is 0.460. The van der Waals surface area contributed by atoms with E-state index in [0.29, 0.717) is 5.15 Å². The van der Waals surface area contributed by atoms with Gasteiger partial charge >= 0.3 is 0 Å². The fourth-order valence-electron chi connectivity index (χ4n) is 1.73. The van der Waals surface area contributed by atoms with Gasteiger partial charge in [-0.3, -0.25) is 0 Å². The van der Waals surface area contributed by atoms with Crippen molar-refractivity contribution in [3.05, 3.63) is 17.5 Å². The zero-order valence-corrected chi connectivity index (χ0v) is 9.84. The van der Waals surface area contributed by atoms with Crippen molar-refractivity contribution in [1.82, 2.24) is 9.97 Å². The maximum Gasteiger partial charge on any atom is 0.171 e. The van der Waals surface area contributed by atoms with Crippen LogP contribution >= 0.6 is 24.0 Å². The Morgan fingerprint density at radius 3 is 2.80 bits per heavy atom. The van der Waals surface area contributed by atoms with E-state index in [4.69, 9.17) is 17.3 Å². The summed E-state index contributed by atoms with van der Waals surface area (Å²) in [6.45, 7) is 1.78. The Labute approximate surface area is 100 Å². The largest absolute Gasteiger partial charge is 0.353 e. The summed E-state index contributed by atoms with van der Waals surface area (Å²) in [5.41, 5.74) is 5.88. The van der Waals surface area contributed by atoms with Gasteiger partial charge in [-0.15, -0.1) is 12.4 Å². The third-order valence-corrected chi connectivity index (χ3v) is 2.66. The van der Waals surface area contributed by atoms with E-state index in [9.17, 15) is 0 Å². The highest BCUT2D eigenvalue weighted by molar-refractivity contribution is 6.31. The third kappa shape index (κ3) is 2.93. The van der Waals surface area contributed by atoms with Crippen molar-refractivity contribution in [2.24, 2.45) is 5.73 Å². The van der Waals surface area contributed by atoms with Crippen LogP contribution in [-0.2, 0) is 0 Å². The molecule has 0 saturated carbocycles. The predicted octanol–water partition coefficient (Wildman–Crippen LogP) is 1.48. The molecule has 2 heterocycles. The van der Waals surface area contributed by atoms with Crippen molar-refractivity contribution in [2.45, 2.75) is 18.9 Å². The second kappa shape index (κ2) is 5.49. The molecular formula is C9H14Cl2N4. The van der Waals surface area contributed by atoms with E-state index in [1.165, 1.54) is 0 Å². The van der Waals surface area contributed by atoms with Crippen molar-refractivity contribution in [3.8, 4) is 0 Å². The van der Waals surface area contributed by atoms with Gasteiger partial charge in [0.15, 0.2) is 11.0 Å². The summed E-state index contributed by atoms with van der Waals surface area (Å²) in [5.74, 6) is 0.754. The molecule has 15 heavy (non-hydrogen) atoms. The second-order valence-corrected chi connectivity index (χ2v) is 3.88. The van der Waals surface area contributed by atoms with Gasteiger partial charge in [-0.05, 0) is 12.8 Å². The number of hydrogen-bond acceptors (Lipinski definition) is 4. The summed E-state index contributed by atoms with van der Waals surface area (Å²) < 4.78 is 0. The molecule has 1 aromatic rings. The highest BCUT2D eigenvalue weighted by atomic mass is 35.5. The first kappa shape index (κ1) is 12.5. The van der Waals surface area contributed by atoms with E-state index in [-0.39, 0.29) is 18.4 Å². The van der Waals surface area contributed by atoms with E-state index < -0.39 is 0 Å². The van der Waals surface area contributed by atoms with Gasteiger partial charge in [-0.25, -0.2) is 9.97 Å². The predicted molar refractivity (Wildman–Crippen MR) is 63.7 cm³/mol. The van der Waals surface area contributed by atoms with Crippen LogP contribution in [0.3, 0.4) is 0 Å². The molecule has 0 spiro atoms. The van der Waals surface area contributed by atoms with Crippen molar-refractivity contribution in [3.63, 3.8) is 0 Å². The molecule has 4 nitrogen and oxygen atoms in total. The number of rotatable bonds is 1. The second-order valence-electron chi connectivity index (χ2n) is 3.52. The molecule has 0 aromatic carbocycles. The standard InChI is InChI=1S/C9H13ClN4.ClH/c10-8-9(13-4-3-12-8)14-5-1-2-7(11)6-14;/h3-4,7H,1-2,5-6,11H2;1H. The van der Waals surface area contributed by atoms with Crippen LogP contribution in [0.2, 0.25) is 5.15 Å². The number of piperidine rings is 1. The molecule has 1 aromatic heterocycles. The fraction of sp³-hybridized carbons (Fsp3) is 0.556. The Morgan fingerprint density at radius 1 is 1.40 bits per heavy atom. The molecule has 84 valence electrons. The lowest BCUT2D eigenvalue weighted by Crippen LogP contribution is -2.43. The highest BCUT2D eigenvalue weighted by Crippen LogP contribution is 2.22. The number of hydrogen-bond donors (Lipinski definition) is 1. The van der Waals surface area contributed by atoms with E-state index in [1.807, 2.05) is 0 Å². The molecule has 2 rings (SSSR count). The van der Waals surface area contributed by atoms with Crippen molar-refractivity contribution in [1.29, 1.82) is 0 Å². The van der Waals surface area contributed by atoms with Gasteiger partial charge in [0.25, 0.3) is 0 Å². The maximum absolute atomic E-state index is 5.95. The lowest BCUT2D eigenvalue weighted by atomic mass is 10.1. The minimum Gasteiger partial charge on any atom is -0.353 e. The quantitative estimate of drug-likeness (QED) is 0.819. The van der Waals surface area contributed by atoms with Gasteiger partial charge in [0.2, 0.25) is 0 Å². The molecule has 6 heteroatoms. The van der Waals surface area contributed by atoms with Gasteiger partial charge < -0.3 is 10.6 Å². The summed E-state index contributed by atoms with van der Waals surface area (Å²) >= 11 is 5.95. The average molecular weight is 249 g/mol. The number of aromatic nitrogens is 2. The minimum absolute atomic E-state index is 0. The summed E-state index contributed by atoms with van der Waals surface area (Å²) in [6, 6.07) is 0.224. The number of halogens is 2. The van der Waals surface area contributed by atoms with Gasteiger partial charge in [0.1, 0.15) is 0 Å². The Morgan fingerprint density at radius 2 is 2.13 bits per heavy atom. The van der Waals surface area contributed by atoms with Gasteiger partial charge in [-0.2, -0.15) is 0 Å². The smallest absolute Gasteiger partial charge is 0.171 e. The Hall–Kier alpha value is -0.580. The van der Waals surface area contributed by atoms with Gasteiger partial charge in [-0.1, -0.05) is 11.6 Å². The number of nitrogens with two attached hydrogens (primary N) is 1. The van der Waals surface area contributed by atoms with Crippen molar-refractivity contribution >= 4 is 29.8 Å². The molecular weight excluding hydrogens is 235 g/mol. The van der Waals surface area contributed by atoms with Crippen LogP contribution in [0.15, 0.2) is 12.4 Å². The Balaban J connectivity index is 0.00000112. The fourth-order valence-corrected chi connectivity index (χ4v) is 1.95. The van der Waals surface area contributed by atoms with E-state index in [0.717, 1.165) is 31.7 Å². The normalized spacial score (nSPS) is 20.9. The molecule has 1 unspecified atom stereocenters.